The zero-order valence-corrected chi connectivity index (χ0v) is 18.2. The molecule has 0 bridgehead atoms. The predicted molar refractivity (Wildman–Crippen MR) is 113 cm³/mol. The van der Waals surface area contributed by atoms with Gasteiger partial charge in [0, 0.05) is 58.2 Å². The highest BCUT2D eigenvalue weighted by atomic mass is 79.9. The van der Waals surface area contributed by atoms with Gasteiger partial charge in [0.15, 0.2) is 5.96 Å². The second kappa shape index (κ2) is 10.1. The summed E-state index contributed by atoms with van der Waals surface area (Å²) in [5.74, 6) is 0.795. The Balaban J connectivity index is 1.92. The Morgan fingerprint density at radius 1 is 1.35 bits per heavy atom. The minimum atomic E-state index is 0.00142. The number of hydrogen-bond acceptors (Lipinski definition) is 4. The highest BCUT2D eigenvalue weighted by Gasteiger charge is 2.20. The zero-order chi connectivity index (χ0) is 19.1. The molecule has 1 aromatic heterocycles. The summed E-state index contributed by atoms with van der Waals surface area (Å²) < 4.78 is 1.18. The smallest absolute Gasteiger partial charge is 0.243 e. The lowest BCUT2D eigenvalue weighted by Crippen LogP contribution is -2.52. The quantitative estimate of drug-likeness (QED) is 0.417. The molecule has 26 heavy (non-hydrogen) atoms. The molecular formula is C18H28BrN5OS. The fourth-order valence-corrected chi connectivity index (χ4v) is 4.08. The molecule has 0 aliphatic carbocycles. The molecule has 2 rings (SSSR count). The van der Waals surface area contributed by atoms with Gasteiger partial charge in [0.25, 0.3) is 0 Å². The van der Waals surface area contributed by atoms with Crippen LogP contribution in [0, 0.1) is 0 Å². The van der Waals surface area contributed by atoms with Crippen molar-refractivity contribution in [2.75, 3.05) is 53.4 Å². The van der Waals surface area contributed by atoms with Crippen LogP contribution >= 0.6 is 27.3 Å². The van der Waals surface area contributed by atoms with Crippen LogP contribution in [0.3, 0.4) is 0 Å². The van der Waals surface area contributed by atoms with E-state index < -0.39 is 0 Å². The topological polar surface area (TPSA) is 51.2 Å². The normalized spacial score (nSPS) is 15.8. The first-order chi connectivity index (χ1) is 12.3. The first kappa shape index (κ1) is 20.9. The van der Waals surface area contributed by atoms with Crippen molar-refractivity contribution in [3.63, 3.8) is 0 Å². The van der Waals surface area contributed by atoms with Crippen LogP contribution in [0.2, 0.25) is 0 Å². The monoisotopic (exact) mass is 441 g/mol. The lowest BCUT2D eigenvalue weighted by Gasteiger charge is -2.36. The van der Waals surface area contributed by atoms with Crippen molar-refractivity contribution in [1.29, 1.82) is 0 Å². The van der Waals surface area contributed by atoms with E-state index in [4.69, 9.17) is 0 Å². The first-order valence-electron chi connectivity index (χ1n) is 8.69. The number of halogens is 1. The summed E-state index contributed by atoms with van der Waals surface area (Å²) in [6, 6.07) is 4.28. The van der Waals surface area contributed by atoms with Gasteiger partial charge < -0.3 is 15.1 Å². The second-order valence-corrected chi connectivity index (χ2v) is 9.26. The summed E-state index contributed by atoms with van der Waals surface area (Å²) in [4.78, 5) is 24.0. The molecule has 1 aliphatic rings. The van der Waals surface area contributed by atoms with Crippen molar-refractivity contribution in [2.24, 2.45) is 4.99 Å². The fourth-order valence-electron chi connectivity index (χ4n) is 2.56. The molecule has 0 spiro atoms. The van der Waals surface area contributed by atoms with Crippen molar-refractivity contribution >= 4 is 39.1 Å². The van der Waals surface area contributed by atoms with Crippen LogP contribution < -0.4 is 5.32 Å². The van der Waals surface area contributed by atoms with Gasteiger partial charge in [-0.2, -0.15) is 0 Å². The van der Waals surface area contributed by atoms with Crippen LogP contribution in [0.15, 0.2) is 33.1 Å². The summed E-state index contributed by atoms with van der Waals surface area (Å²) in [5, 5.41) is 3.33. The number of likely N-dealkylation sites (N-methyl/N-ethyl adjacent to an activating group) is 1. The summed E-state index contributed by atoms with van der Waals surface area (Å²) in [5.41, 5.74) is 1.04. The molecule has 1 N–H and O–H groups in total. The fraction of sp³-hybridized carbons (Fsp3) is 0.556. The van der Waals surface area contributed by atoms with Crippen molar-refractivity contribution in [1.82, 2.24) is 20.0 Å². The number of guanidine groups is 1. The third kappa shape index (κ3) is 6.74. The minimum Gasteiger partial charge on any atom is -0.353 e. The Bertz CT molecular complexity index is 650. The van der Waals surface area contributed by atoms with E-state index in [0.717, 1.165) is 44.3 Å². The molecule has 2 heterocycles. The van der Waals surface area contributed by atoms with Gasteiger partial charge in [-0.1, -0.05) is 12.2 Å². The standard InChI is InChI=1S/C18H28BrN5OS/c1-14(2)11-20-18(21-12-17(25)22(3)4)24-9-7-23(8-10-24)13-15-5-6-16(19)26-15/h5-6H,1,7-13H2,2-4H3,(H,20,21). The van der Waals surface area contributed by atoms with Gasteiger partial charge >= 0.3 is 0 Å². The number of carbonyl (C=O) groups is 1. The zero-order valence-electron chi connectivity index (χ0n) is 15.8. The SMILES string of the molecule is C=C(C)CNC(=NCC(=O)N(C)C)N1CCN(Cc2ccc(Br)s2)CC1. The van der Waals surface area contributed by atoms with Gasteiger partial charge in [-0.05, 0) is 35.0 Å². The minimum absolute atomic E-state index is 0.00142. The highest BCUT2D eigenvalue weighted by Crippen LogP contribution is 2.23. The number of carbonyl (C=O) groups excluding carboxylic acids is 1. The molecule has 144 valence electrons. The number of rotatable bonds is 6. The predicted octanol–water partition coefficient (Wildman–Crippen LogP) is 2.24. The molecule has 1 saturated heterocycles. The van der Waals surface area contributed by atoms with Crippen molar-refractivity contribution in [2.45, 2.75) is 13.5 Å². The summed E-state index contributed by atoms with van der Waals surface area (Å²) in [7, 11) is 3.50. The van der Waals surface area contributed by atoms with E-state index in [0.29, 0.717) is 6.54 Å². The van der Waals surface area contributed by atoms with Crippen LogP contribution in [0.25, 0.3) is 0 Å². The van der Waals surface area contributed by atoms with E-state index in [1.54, 1.807) is 30.3 Å². The molecule has 8 heteroatoms. The third-order valence-electron chi connectivity index (χ3n) is 4.09. The summed E-state index contributed by atoms with van der Waals surface area (Å²) in [6.45, 7) is 11.5. The number of amides is 1. The van der Waals surface area contributed by atoms with Crippen LogP contribution in [0.1, 0.15) is 11.8 Å². The highest BCUT2D eigenvalue weighted by molar-refractivity contribution is 9.11. The second-order valence-electron chi connectivity index (χ2n) is 6.71. The number of nitrogens with one attached hydrogen (secondary N) is 1. The van der Waals surface area contributed by atoms with E-state index in [9.17, 15) is 4.79 Å². The van der Waals surface area contributed by atoms with Crippen LogP contribution in [0.4, 0.5) is 0 Å². The van der Waals surface area contributed by atoms with Gasteiger partial charge in [0.05, 0.1) is 3.79 Å². The van der Waals surface area contributed by atoms with Crippen LogP contribution in [0.5, 0.6) is 0 Å². The van der Waals surface area contributed by atoms with E-state index in [2.05, 4.69) is 54.8 Å². The van der Waals surface area contributed by atoms with Crippen molar-refractivity contribution in [3.05, 3.63) is 32.9 Å². The lowest BCUT2D eigenvalue weighted by molar-refractivity contribution is -0.127. The molecule has 0 radical (unpaired) electrons. The number of hydrogen-bond donors (Lipinski definition) is 1. The van der Waals surface area contributed by atoms with Gasteiger partial charge in [-0.25, -0.2) is 4.99 Å². The number of piperazine rings is 1. The molecule has 6 nitrogen and oxygen atoms in total. The molecule has 0 atom stereocenters. The van der Waals surface area contributed by atoms with Gasteiger partial charge in [0.2, 0.25) is 5.91 Å². The maximum absolute atomic E-state index is 11.9. The molecule has 1 amide bonds. The van der Waals surface area contributed by atoms with Crippen LogP contribution in [-0.2, 0) is 11.3 Å². The largest absolute Gasteiger partial charge is 0.353 e. The van der Waals surface area contributed by atoms with Crippen molar-refractivity contribution < 1.29 is 4.79 Å². The summed E-state index contributed by atoms with van der Waals surface area (Å²) in [6.07, 6.45) is 0. The Kier molecular flexibility index (Phi) is 8.12. The third-order valence-corrected chi connectivity index (χ3v) is 5.70. The number of nitrogens with zero attached hydrogens (tertiary/aromatic N) is 4. The maximum atomic E-state index is 11.9. The van der Waals surface area contributed by atoms with Crippen molar-refractivity contribution in [3.8, 4) is 0 Å². The Morgan fingerprint density at radius 3 is 2.58 bits per heavy atom. The molecule has 1 aromatic rings. The average Bonchev–Trinajstić information content (AvgIpc) is 3.00. The molecule has 0 unspecified atom stereocenters. The molecular weight excluding hydrogens is 414 g/mol. The van der Waals surface area contributed by atoms with E-state index in [1.807, 2.05) is 6.92 Å². The molecule has 0 saturated carbocycles. The molecule has 1 aliphatic heterocycles. The van der Waals surface area contributed by atoms with E-state index in [1.165, 1.54) is 8.66 Å². The van der Waals surface area contributed by atoms with Gasteiger partial charge in [-0.15, -0.1) is 11.3 Å². The van der Waals surface area contributed by atoms with Gasteiger partial charge in [0.1, 0.15) is 6.54 Å². The van der Waals surface area contributed by atoms with E-state index >= 15 is 0 Å². The first-order valence-corrected chi connectivity index (χ1v) is 10.3. The number of aliphatic imine (C=N–C) groups is 1. The van der Waals surface area contributed by atoms with E-state index in [-0.39, 0.29) is 12.5 Å². The number of thiophene rings is 1. The Morgan fingerprint density at radius 2 is 2.04 bits per heavy atom. The molecule has 0 aromatic carbocycles. The Labute approximate surface area is 168 Å². The summed E-state index contributed by atoms with van der Waals surface area (Å²) >= 11 is 5.31. The average molecular weight is 442 g/mol. The van der Waals surface area contributed by atoms with Gasteiger partial charge in [-0.3, -0.25) is 9.69 Å². The Hall–Kier alpha value is -1.38. The molecule has 1 fully saturated rings. The lowest BCUT2D eigenvalue weighted by atomic mass is 10.3. The van der Waals surface area contributed by atoms with Crippen LogP contribution in [-0.4, -0.2) is 79.9 Å². The maximum Gasteiger partial charge on any atom is 0.243 e.